The van der Waals surface area contributed by atoms with Crippen molar-refractivity contribution in [2.75, 3.05) is 39.3 Å². The highest BCUT2D eigenvalue weighted by Crippen LogP contribution is 2.13. The maximum Gasteiger partial charge on any atom is 0.235 e. The first kappa shape index (κ1) is 13.3. The van der Waals surface area contributed by atoms with Crippen molar-refractivity contribution in [3.8, 4) is 0 Å². The quantitative estimate of drug-likeness (QED) is 0.657. The van der Waals surface area contributed by atoms with Crippen LogP contribution in [0.3, 0.4) is 0 Å². The van der Waals surface area contributed by atoms with Crippen molar-refractivity contribution in [1.29, 1.82) is 0 Å². The van der Waals surface area contributed by atoms with Gasteiger partial charge in [-0.3, -0.25) is 14.5 Å². The van der Waals surface area contributed by atoms with E-state index in [1.165, 1.54) is 0 Å². The molecule has 0 bridgehead atoms. The van der Waals surface area contributed by atoms with Crippen LogP contribution in [0, 0.1) is 0 Å². The number of piperazine rings is 1. The molecule has 2 aliphatic rings. The molecule has 0 spiro atoms. The fourth-order valence-electron chi connectivity index (χ4n) is 2.66. The summed E-state index contributed by atoms with van der Waals surface area (Å²) in [4.78, 5) is 27.5. The van der Waals surface area contributed by atoms with E-state index < -0.39 is 6.04 Å². The van der Waals surface area contributed by atoms with Crippen molar-refractivity contribution in [2.45, 2.75) is 25.3 Å². The van der Waals surface area contributed by atoms with Crippen LogP contribution in [0.5, 0.6) is 0 Å². The summed E-state index contributed by atoms with van der Waals surface area (Å²) in [5, 5.41) is 3.23. The summed E-state index contributed by atoms with van der Waals surface area (Å²) in [6.07, 6.45) is 2.37. The van der Waals surface area contributed by atoms with E-state index in [-0.39, 0.29) is 18.2 Å². The molecule has 2 fully saturated rings. The summed E-state index contributed by atoms with van der Waals surface area (Å²) in [6.45, 7) is 4.91. The van der Waals surface area contributed by atoms with Gasteiger partial charge >= 0.3 is 0 Å². The normalized spacial score (nSPS) is 23.0. The SMILES string of the molecule is NC(=O)C(CC(=O)N1CCCC1)N1CCNCC1. The Balaban J connectivity index is 1.92. The monoisotopic (exact) mass is 254 g/mol. The van der Waals surface area contributed by atoms with Crippen LogP contribution in [0.4, 0.5) is 0 Å². The molecular formula is C12H22N4O2. The summed E-state index contributed by atoms with van der Waals surface area (Å²) in [7, 11) is 0. The molecule has 18 heavy (non-hydrogen) atoms. The molecule has 0 radical (unpaired) electrons. The highest BCUT2D eigenvalue weighted by molar-refractivity contribution is 5.87. The lowest BCUT2D eigenvalue weighted by Crippen LogP contribution is -2.54. The van der Waals surface area contributed by atoms with Crippen LogP contribution >= 0.6 is 0 Å². The largest absolute Gasteiger partial charge is 0.368 e. The zero-order valence-corrected chi connectivity index (χ0v) is 10.7. The van der Waals surface area contributed by atoms with Crippen molar-refractivity contribution >= 4 is 11.8 Å². The van der Waals surface area contributed by atoms with Gasteiger partial charge < -0.3 is 16.0 Å². The molecular weight excluding hydrogens is 232 g/mol. The van der Waals surface area contributed by atoms with E-state index in [0.717, 1.165) is 52.1 Å². The Morgan fingerprint density at radius 3 is 2.28 bits per heavy atom. The zero-order chi connectivity index (χ0) is 13.0. The summed E-state index contributed by atoms with van der Waals surface area (Å²) in [5.74, 6) is -0.320. The summed E-state index contributed by atoms with van der Waals surface area (Å²) in [6, 6.07) is -0.444. The third-order valence-corrected chi connectivity index (χ3v) is 3.75. The van der Waals surface area contributed by atoms with Crippen molar-refractivity contribution < 1.29 is 9.59 Å². The molecule has 2 saturated heterocycles. The average molecular weight is 254 g/mol. The van der Waals surface area contributed by atoms with Gasteiger partial charge in [0, 0.05) is 39.3 Å². The fourth-order valence-corrected chi connectivity index (χ4v) is 2.66. The van der Waals surface area contributed by atoms with Gasteiger partial charge in [-0.25, -0.2) is 0 Å². The molecule has 6 heteroatoms. The van der Waals surface area contributed by atoms with E-state index in [4.69, 9.17) is 5.73 Å². The molecule has 2 amide bonds. The number of carbonyl (C=O) groups excluding carboxylic acids is 2. The number of nitrogens with one attached hydrogen (secondary N) is 1. The maximum atomic E-state index is 12.1. The molecule has 102 valence electrons. The van der Waals surface area contributed by atoms with Crippen LogP contribution in [0.1, 0.15) is 19.3 Å². The van der Waals surface area contributed by atoms with Gasteiger partial charge in [-0.05, 0) is 12.8 Å². The van der Waals surface area contributed by atoms with Gasteiger partial charge in [0.1, 0.15) is 0 Å². The molecule has 0 aromatic carbocycles. The maximum absolute atomic E-state index is 12.1. The Kier molecular flexibility index (Phi) is 4.54. The van der Waals surface area contributed by atoms with Gasteiger partial charge in [-0.1, -0.05) is 0 Å². The summed E-state index contributed by atoms with van der Waals surface area (Å²) >= 11 is 0. The number of hydrogen-bond acceptors (Lipinski definition) is 4. The van der Waals surface area contributed by atoms with E-state index in [1.807, 2.05) is 9.80 Å². The number of likely N-dealkylation sites (tertiary alicyclic amines) is 1. The highest BCUT2D eigenvalue weighted by Gasteiger charge is 2.30. The molecule has 2 heterocycles. The van der Waals surface area contributed by atoms with Crippen LogP contribution in [0.15, 0.2) is 0 Å². The number of hydrogen-bond donors (Lipinski definition) is 2. The summed E-state index contributed by atoms with van der Waals surface area (Å²) in [5.41, 5.74) is 5.44. The second-order valence-corrected chi connectivity index (χ2v) is 5.00. The first-order chi connectivity index (χ1) is 8.68. The molecule has 0 aliphatic carbocycles. The Labute approximate surface area is 107 Å². The Bertz CT molecular complexity index is 309. The number of primary amides is 1. The smallest absolute Gasteiger partial charge is 0.235 e. The average Bonchev–Trinajstić information content (AvgIpc) is 2.90. The Morgan fingerprint density at radius 1 is 1.11 bits per heavy atom. The molecule has 2 aliphatic heterocycles. The van der Waals surface area contributed by atoms with Crippen molar-refractivity contribution in [1.82, 2.24) is 15.1 Å². The Hall–Kier alpha value is -1.14. The molecule has 1 unspecified atom stereocenters. The third-order valence-electron chi connectivity index (χ3n) is 3.75. The predicted molar refractivity (Wildman–Crippen MR) is 67.9 cm³/mol. The van der Waals surface area contributed by atoms with Gasteiger partial charge in [0.15, 0.2) is 0 Å². The van der Waals surface area contributed by atoms with Gasteiger partial charge in [-0.15, -0.1) is 0 Å². The predicted octanol–water partition coefficient (Wildman–Crippen LogP) is -1.24. The summed E-state index contributed by atoms with van der Waals surface area (Å²) < 4.78 is 0. The molecule has 6 nitrogen and oxygen atoms in total. The fraction of sp³-hybridized carbons (Fsp3) is 0.833. The van der Waals surface area contributed by atoms with Crippen LogP contribution < -0.4 is 11.1 Å². The van der Waals surface area contributed by atoms with Crippen LogP contribution in [0.25, 0.3) is 0 Å². The first-order valence-corrected chi connectivity index (χ1v) is 6.70. The van der Waals surface area contributed by atoms with Gasteiger partial charge in [0.25, 0.3) is 0 Å². The van der Waals surface area contributed by atoms with Crippen molar-refractivity contribution in [3.05, 3.63) is 0 Å². The minimum Gasteiger partial charge on any atom is -0.368 e. The van der Waals surface area contributed by atoms with E-state index in [0.29, 0.717) is 0 Å². The number of amides is 2. The topological polar surface area (TPSA) is 78.7 Å². The second kappa shape index (κ2) is 6.15. The van der Waals surface area contributed by atoms with Crippen molar-refractivity contribution in [2.24, 2.45) is 5.73 Å². The van der Waals surface area contributed by atoms with Gasteiger partial charge in [-0.2, -0.15) is 0 Å². The molecule has 2 rings (SSSR count). The molecule has 3 N–H and O–H groups in total. The van der Waals surface area contributed by atoms with Crippen LogP contribution in [-0.4, -0.2) is 66.9 Å². The molecule has 0 aromatic rings. The van der Waals surface area contributed by atoms with Crippen LogP contribution in [0.2, 0.25) is 0 Å². The van der Waals surface area contributed by atoms with Gasteiger partial charge in [0.2, 0.25) is 11.8 Å². The lowest BCUT2D eigenvalue weighted by atomic mass is 10.1. The first-order valence-electron chi connectivity index (χ1n) is 6.70. The lowest BCUT2D eigenvalue weighted by molar-refractivity contribution is -0.135. The lowest BCUT2D eigenvalue weighted by Gasteiger charge is -2.33. The van der Waals surface area contributed by atoms with Crippen molar-refractivity contribution in [3.63, 3.8) is 0 Å². The number of nitrogens with zero attached hydrogens (tertiary/aromatic N) is 2. The van der Waals surface area contributed by atoms with Crippen LogP contribution in [-0.2, 0) is 9.59 Å². The molecule has 0 aromatic heterocycles. The Morgan fingerprint density at radius 2 is 1.72 bits per heavy atom. The molecule has 1 atom stereocenters. The van der Waals surface area contributed by atoms with E-state index in [1.54, 1.807) is 0 Å². The van der Waals surface area contributed by atoms with E-state index >= 15 is 0 Å². The van der Waals surface area contributed by atoms with Gasteiger partial charge in [0.05, 0.1) is 12.5 Å². The number of nitrogens with two attached hydrogens (primary N) is 1. The minimum atomic E-state index is -0.444. The minimum absolute atomic E-state index is 0.0647. The third kappa shape index (κ3) is 3.20. The second-order valence-electron chi connectivity index (χ2n) is 5.00. The van der Waals surface area contributed by atoms with E-state index in [9.17, 15) is 9.59 Å². The standard InChI is InChI=1S/C12H22N4O2/c13-12(18)10(15-7-3-14-4-8-15)9-11(17)16-5-1-2-6-16/h10,14H,1-9H2,(H2,13,18). The molecule has 0 saturated carbocycles. The number of rotatable bonds is 4. The zero-order valence-electron chi connectivity index (χ0n) is 10.7. The van der Waals surface area contributed by atoms with E-state index in [2.05, 4.69) is 5.32 Å². The highest BCUT2D eigenvalue weighted by atomic mass is 16.2. The number of carbonyl (C=O) groups is 2.